The third-order valence-corrected chi connectivity index (χ3v) is 2.79. The minimum Gasteiger partial charge on any atom is -0.306 e. The van der Waals surface area contributed by atoms with Crippen LogP contribution < -0.4 is 0 Å². The van der Waals surface area contributed by atoms with Gasteiger partial charge in [0.1, 0.15) is 0 Å². The van der Waals surface area contributed by atoms with E-state index in [1.165, 1.54) is 0 Å². The van der Waals surface area contributed by atoms with Crippen LogP contribution in [0.5, 0.6) is 0 Å². The molecule has 0 saturated heterocycles. The summed E-state index contributed by atoms with van der Waals surface area (Å²) < 4.78 is 1.10. The quantitative estimate of drug-likeness (QED) is 0.813. The largest absolute Gasteiger partial charge is 0.306 e. The first-order chi connectivity index (χ1) is 6.59. The van der Waals surface area contributed by atoms with Gasteiger partial charge in [-0.2, -0.15) is 0 Å². The Labute approximate surface area is 98.5 Å². The van der Waals surface area contributed by atoms with E-state index in [4.69, 9.17) is 11.6 Å². The number of benzene rings is 1. The Bertz CT molecular complexity index is 317. The highest BCUT2D eigenvalue weighted by atomic mass is 79.9. The van der Waals surface area contributed by atoms with Gasteiger partial charge in [-0.05, 0) is 31.8 Å². The molecule has 1 aromatic rings. The molecule has 0 spiro atoms. The first-order valence-electron chi connectivity index (χ1n) is 4.36. The molecular formula is C11H13BrClN. The molecule has 1 aromatic carbocycles. The first kappa shape index (κ1) is 11.8. The highest BCUT2D eigenvalue weighted by molar-refractivity contribution is 9.15. The lowest BCUT2D eigenvalue weighted by Crippen LogP contribution is -2.10. The second-order valence-corrected chi connectivity index (χ2v) is 4.61. The zero-order valence-electron chi connectivity index (χ0n) is 8.30. The first-order valence-corrected chi connectivity index (χ1v) is 5.53. The van der Waals surface area contributed by atoms with E-state index in [2.05, 4.69) is 26.9 Å². The van der Waals surface area contributed by atoms with Crippen LogP contribution in [0.3, 0.4) is 0 Å². The maximum Gasteiger partial charge on any atom is 0.0406 e. The lowest BCUT2D eigenvalue weighted by molar-refractivity contribution is 0.457. The van der Waals surface area contributed by atoms with Crippen molar-refractivity contribution in [3.05, 3.63) is 40.9 Å². The van der Waals surface area contributed by atoms with Gasteiger partial charge in [0.25, 0.3) is 0 Å². The van der Waals surface area contributed by atoms with Crippen LogP contribution >= 0.6 is 27.5 Å². The summed E-state index contributed by atoms with van der Waals surface area (Å²) >= 11 is 9.33. The Morgan fingerprint density at radius 1 is 1.36 bits per heavy atom. The molecule has 14 heavy (non-hydrogen) atoms. The Morgan fingerprint density at radius 3 is 2.43 bits per heavy atom. The average Bonchev–Trinajstić information content (AvgIpc) is 2.15. The van der Waals surface area contributed by atoms with Crippen molar-refractivity contribution in [3.63, 3.8) is 0 Å². The van der Waals surface area contributed by atoms with Gasteiger partial charge in [0.2, 0.25) is 0 Å². The molecule has 0 atom stereocenters. The van der Waals surface area contributed by atoms with Gasteiger partial charge in [0, 0.05) is 16.0 Å². The van der Waals surface area contributed by atoms with E-state index in [0.717, 1.165) is 21.6 Å². The Hall–Kier alpha value is -0.310. The third kappa shape index (κ3) is 3.82. The summed E-state index contributed by atoms with van der Waals surface area (Å²) in [5.41, 5.74) is 1.15. The molecule has 1 nitrogen and oxygen atoms in total. The molecule has 0 aromatic heterocycles. The van der Waals surface area contributed by atoms with Gasteiger partial charge in [-0.1, -0.05) is 45.7 Å². The summed E-state index contributed by atoms with van der Waals surface area (Å²) in [5.74, 6) is 0. The van der Waals surface area contributed by atoms with Crippen molar-refractivity contribution >= 4 is 32.0 Å². The maximum absolute atomic E-state index is 5.80. The molecule has 76 valence electrons. The van der Waals surface area contributed by atoms with Crippen LogP contribution in [0.1, 0.15) is 5.56 Å². The van der Waals surface area contributed by atoms with Crippen molar-refractivity contribution in [2.45, 2.75) is 0 Å². The van der Waals surface area contributed by atoms with Crippen LogP contribution in [0.25, 0.3) is 4.48 Å². The topological polar surface area (TPSA) is 3.24 Å². The van der Waals surface area contributed by atoms with E-state index in [9.17, 15) is 0 Å². The van der Waals surface area contributed by atoms with Crippen LogP contribution in [0.4, 0.5) is 0 Å². The van der Waals surface area contributed by atoms with Crippen LogP contribution in [0.15, 0.2) is 30.3 Å². The summed E-state index contributed by atoms with van der Waals surface area (Å²) in [6.45, 7) is 0.920. The predicted octanol–water partition coefficient (Wildman–Crippen LogP) is 3.64. The SMILES string of the molecule is CN(C)C/C=C(/Br)c1ccc(Cl)cc1. The highest BCUT2D eigenvalue weighted by Gasteiger charge is 1.97. The van der Waals surface area contributed by atoms with Gasteiger partial charge in [0.15, 0.2) is 0 Å². The predicted molar refractivity (Wildman–Crippen MR) is 66.9 cm³/mol. The molecule has 0 aliphatic rings. The molecule has 1 rings (SSSR count). The van der Waals surface area contributed by atoms with Gasteiger partial charge < -0.3 is 4.90 Å². The number of halogens is 2. The minimum absolute atomic E-state index is 0.765. The molecule has 0 N–H and O–H groups in total. The van der Waals surface area contributed by atoms with Gasteiger partial charge in [0.05, 0.1) is 0 Å². The van der Waals surface area contributed by atoms with Crippen molar-refractivity contribution in [1.82, 2.24) is 4.90 Å². The van der Waals surface area contributed by atoms with Crippen molar-refractivity contribution in [3.8, 4) is 0 Å². The van der Waals surface area contributed by atoms with E-state index < -0.39 is 0 Å². The molecule has 0 fully saturated rings. The molecule has 3 heteroatoms. The van der Waals surface area contributed by atoms with Crippen LogP contribution in [-0.2, 0) is 0 Å². The second kappa shape index (κ2) is 5.54. The number of hydrogen-bond donors (Lipinski definition) is 0. The molecule has 0 unspecified atom stereocenters. The van der Waals surface area contributed by atoms with E-state index in [1.54, 1.807) is 0 Å². The molecule has 0 amide bonds. The van der Waals surface area contributed by atoms with Gasteiger partial charge in [-0.3, -0.25) is 0 Å². The second-order valence-electron chi connectivity index (χ2n) is 3.32. The van der Waals surface area contributed by atoms with E-state index in [-0.39, 0.29) is 0 Å². The van der Waals surface area contributed by atoms with E-state index >= 15 is 0 Å². The summed E-state index contributed by atoms with van der Waals surface area (Å²) in [6, 6.07) is 7.78. The Balaban J connectivity index is 2.73. The molecule has 0 aliphatic heterocycles. The van der Waals surface area contributed by atoms with Gasteiger partial charge >= 0.3 is 0 Å². The van der Waals surface area contributed by atoms with Crippen LogP contribution in [-0.4, -0.2) is 25.5 Å². The third-order valence-electron chi connectivity index (χ3n) is 1.76. The molecule has 0 radical (unpaired) electrons. The highest BCUT2D eigenvalue weighted by Crippen LogP contribution is 2.22. The van der Waals surface area contributed by atoms with Gasteiger partial charge in [-0.15, -0.1) is 0 Å². The fraction of sp³-hybridized carbons (Fsp3) is 0.273. The Kier molecular flexibility index (Phi) is 4.66. The summed E-state index contributed by atoms with van der Waals surface area (Å²) in [4.78, 5) is 2.11. The number of likely N-dealkylation sites (N-methyl/N-ethyl adjacent to an activating group) is 1. The lowest BCUT2D eigenvalue weighted by Gasteiger charge is -2.06. The number of rotatable bonds is 3. The van der Waals surface area contributed by atoms with Crippen molar-refractivity contribution in [1.29, 1.82) is 0 Å². The van der Waals surface area contributed by atoms with Crippen LogP contribution in [0.2, 0.25) is 5.02 Å². The molecule has 0 aliphatic carbocycles. The Morgan fingerprint density at radius 2 is 1.93 bits per heavy atom. The minimum atomic E-state index is 0.765. The smallest absolute Gasteiger partial charge is 0.0406 e. The monoisotopic (exact) mass is 273 g/mol. The molecule has 0 saturated carbocycles. The molecule has 0 bridgehead atoms. The maximum atomic E-state index is 5.80. The fourth-order valence-electron chi connectivity index (χ4n) is 0.990. The summed E-state index contributed by atoms with van der Waals surface area (Å²) in [7, 11) is 4.08. The molecular weight excluding hydrogens is 261 g/mol. The van der Waals surface area contributed by atoms with Crippen molar-refractivity contribution < 1.29 is 0 Å². The van der Waals surface area contributed by atoms with Crippen molar-refractivity contribution in [2.75, 3.05) is 20.6 Å². The fourth-order valence-corrected chi connectivity index (χ4v) is 1.52. The lowest BCUT2D eigenvalue weighted by atomic mass is 10.2. The number of hydrogen-bond acceptors (Lipinski definition) is 1. The average molecular weight is 275 g/mol. The van der Waals surface area contributed by atoms with Crippen molar-refractivity contribution in [2.24, 2.45) is 0 Å². The molecule has 0 heterocycles. The van der Waals surface area contributed by atoms with E-state index in [0.29, 0.717) is 0 Å². The van der Waals surface area contributed by atoms with Gasteiger partial charge in [-0.25, -0.2) is 0 Å². The number of nitrogens with zero attached hydrogens (tertiary/aromatic N) is 1. The standard InChI is InChI=1S/C11H13BrClN/c1-14(2)8-7-11(12)9-3-5-10(13)6-4-9/h3-7H,8H2,1-2H3/b11-7+. The normalized spacial score (nSPS) is 12.2. The summed E-state index contributed by atoms with van der Waals surface area (Å²) in [5, 5.41) is 0.765. The van der Waals surface area contributed by atoms with E-state index in [1.807, 2.05) is 38.4 Å². The summed E-state index contributed by atoms with van der Waals surface area (Å²) in [6.07, 6.45) is 2.13. The van der Waals surface area contributed by atoms with Crippen LogP contribution in [0, 0.1) is 0 Å². The zero-order chi connectivity index (χ0) is 10.6. The zero-order valence-corrected chi connectivity index (χ0v) is 10.6.